The van der Waals surface area contributed by atoms with Crippen LogP contribution in [0.25, 0.3) is 11.7 Å². The standard InChI is InChI=1S/C15H10ClFN2O4/c16-10-3-1-4-11(17)9(10)7-14(20)22-8-13-18-19-15(23-13)12-5-2-6-21-12/h1-6H,7-8H2. The second-order valence-electron chi connectivity index (χ2n) is 4.52. The summed E-state index contributed by atoms with van der Waals surface area (Å²) in [5, 5.41) is 7.66. The minimum atomic E-state index is -0.658. The van der Waals surface area contributed by atoms with E-state index < -0.39 is 11.8 Å². The van der Waals surface area contributed by atoms with E-state index in [-0.39, 0.29) is 35.4 Å². The summed E-state index contributed by atoms with van der Waals surface area (Å²) in [6.07, 6.45) is 1.18. The van der Waals surface area contributed by atoms with Gasteiger partial charge in [0, 0.05) is 10.6 Å². The summed E-state index contributed by atoms with van der Waals surface area (Å²) in [4.78, 5) is 11.8. The molecule has 2 heterocycles. The highest BCUT2D eigenvalue weighted by atomic mass is 35.5. The first-order valence-corrected chi connectivity index (χ1v) is 6.96. The summed E-state index contributed by atoms with van der Waals surface area (Å²) in [7, 11) is 0. The molecule has 0 bridgehead atoms. The predicted molar refractivity (Wildman–Crippen MR) is 76.9 cm³/mol. The summed E-state index contributed by atoms with van der Waals surface area (Å²) in [6, 6.07) is 7.52. The number of ether oxygens (including phenoxy) is 1. The molecule has 0 aliphatic carbocycles. The zero-order valence-electron chi connectivity index (χ0n) is 11.7. The first-order valence-electron chi connectivity index (χ1n) is 6.58. The summed E-state index contributed by atoms with van der Waals surface area (Å²) < 4.78 is 29.0. The van der Waals surface area contributed by atoms with Crippen LogP contribution in [0.3, 0.4) is 0 Å². The summed E-state index contributed by atoms with van der Waals surface area (Å²) in [5.41, 5.74) is 0.0842. The Hall–Kier alpha value is -2.67. The number of halogens is 2. The molecule has 0 fully saturated rings. The van der Waals surface area contributed by atoms with Crippen LogP contribution in [0, 0.1) is 5.82 Å². The molecule has 1 aromatic carbocycles. The highest BCUT2D eigenvalue weighted by Gasteiger charge is 2.15. The van der Waals surface area contributed by atoms with Crippen molar-refractivity contribution in [3.8, 4) is 11.7 Å². The molecule has 23 heavy (non-hydrogen) atoms. The molecule has 8 heteroatoms. The van der Waals surface area contributed by atoms with Crippen molar-refractivity contribution in [3.63, 3.8) is 0 Å². The Morgan fingerprint density at radius 2 is 2.13 bits per heavy atom. The Morgan fingerprint density at radius 1 is 1.26 bits per heavy atom. The van der Waals surface area contributed by atoms with Crippen molar-refractivity contribution in [1.29, 1.82) is 0 Å². The summed E-state index contributed by atoms with van der Waals surface area (Å²) in [6.45, 7) is -0.224. The molecule has 6 nitrogen and oxygen atoms in total. The quantitative estimate of drug-likeness (QED) is 0.664. The van der Waals surface area contributed by atoms with Crippen LogP contribution in [0.5, 0.6) is 0 Å². The van der Waals surface area contributed by atoms with Gasteiger partial charge in [0.15, 0.2) is 12.4 Å². The van der Waals surface area contributed by atoms with Crippen molar-refractivity contribution in [1.82, 2.24) is 10.2 Å². The van der Waals surface area contributed by atoms with Gasteiger partial charge in [0.25, 0.3) is 11.8 Å². The highest BCUT2D eigenvalue weighted by molar-refractivity contribution is 6.31. The lowest BCUT2D eigenvalue weighted by Crippen LogP contribution is -2.09. The van der Waals surface area contributed by atoms with Gasteiger partial charge in [0.05, 0.1) is 12.7 Å². The molecule has 0 radical (unpaired) electrons. The molecule has 0 saturated heterocycles. The molecule has 3 rings (SSSR count). The SMILES string of the molecule is O=C(Cc1c(F)cccc1Cl)OCc1nnc(-c2ccco2)o1. The van der Waals surface area contributed by atoms with E-state index in [1.165, 1.54) is 24.5 Å². The Bertz CT molecular complexity index is 797. The Labute approximate surface area is 134 Å². The lowest BCUT2D eigenvalue weighted by Gasteiger charge is -2.05. The normalized spacial score (nSPS) is 10.7. The van der Waals surface area contributed by atoms with E-state index >= 15 is 0 Å². The number of esters is 1. The number of benzene rings is 1. The van der Waals surface area contributed by atoms with Crippen LogP contribution in [0.4, 0.5) is 4.39 Å². The van der Waals surface area contributed by atoms with Crippen molar-refractivity contribution in [2.45, 2.75) is 13.0 Å². The first kappa shape index (κ1) is 15.2. The molecule has 0 N–H and O–H groups in total. The van der Waals surface area contributed by atoms with E-state index in [1.54, 1.807) is 12.1 Å². The van der Waals surface area contributed by atoms with Gasteiger partial charge < -0.3 is 13.6 Å². The molecule has 0 aliphatic rings. The van der Waals surface area contributed by atoms with Crippen LogP contribution in [0.1, 0.15) is 11.5 Å². The number of furan rings is 1. The summed E-state index contributed by atoms with van der Waals surface area (Å²) >= 11 is 5.85. The number of hydrogen-bond acceptors (Lipinski definition) is 6. The topological polar surface area (TPSA) is 78.4 Å². The van der Waals surface area contributed by atoms with Gasteiger partial charge in [-0.15, -0.1) is 10.2 Å². The third-order valence-electron chi connectivity index (χ3n) is 2.94. The van der Waals surface area contributed by atoms with Gasteiger partial charge in [-0.1, -0.05) is 17.7 Å². The van der Waals surface area contributed by atoms with Crippen LogP contribution in [-0.4, -0.2) is 16.2 Å². The van der Waals surface area contributed by atoms with Crippen LogP contribution in [-0.2, 0) is 22.6 Å². The summed E-state index contributed by atoms with van der Waals surface area (Å²) in [5.74, 6) is -0.530. The van der Waals surface area contributed by atoms with Crippen molar-refractivity contribution >= 4 is 17.6 Å². The molecule has 0 aliphatic heterocycles. The van der Waals surface area contributed by atoms with E-state index in [4.69, 9.17) is 25.2 Å². The average Bonchev–Trinajstić information content (AvgIpc) is 3.19. The first-order chi connectivity index (χ1) is 11.1. The van der Waals surface area contributed by atoms with Gasteiger partial charge in [0.1, 0.15) is 5.82 Å². The highest BCUT2D eigenvalue weighted by Crippen LogP contribution is 2.20. The van der Waals surface area contributed by atoms with Crippen molar-refractivity contribution < 1.29 is 22.8 Å². The zero-order valence-corrected chi connectivity index (χ0v) is 12.4. The fraction of sp³-hybridized carbons (Fsp3) is 0.133. The zero-order chi connectivity index (χ0) is 16.2. The number of aromatic nitrogens is 2. The molecule has 0 amide bonds. The molecule has 3 aromatic rings. The molecular weight excluding hydrogens is 327 g/mol. The molecule has 2 aromatic heterocycles. The maximum atomic E-state index is 13.6. The fourth-order valence-corrected chi connectivity index (χ4v) is 2.08. The van der Waals surface area contributed by atoms with Crippen LogP contribution in [0.2, 0.25) is 5.02 Å². The van der Waals surface area contributed by atoms with Gasteiger partial charge in [-0.3, -0.25) is 4.79 Å². The molecular formula is C15H10ClFN2O4. The van der Waals surface area contributed by atoms with Gasteiger partial charge in [-0.2, -0.15) is 0 Å². The minimum absolute atomic E-state index is 0.0842. The van der Waals surface area contributed by atoms with Crippen molar-refractivity contribution in [2.75, 3.05) is 0 Å². The third kappa shape index (κ3) is 3.57. The number of carbonyl (C=O) groups excluding carboxylic acids is 1. The molecule has 0 spiro atoms. The van der Waals surface area contributed by atoms with E-state index in [9.17, 15) is 9.18 Å². The monoisotopic (exact) mass is 336 g/mol. The van der Waals surface area contributed by atoms with E-state index in [2.05, 4.69) is 10.2 Å². The number of hydrogen-bond donors (Lipinski definition) is 0. The second kappa shape index (κ2) is 6.62. The Balaban J connectivity index is 1.59. The van der Waals surface area contributed by atoms with Crippen LogP contribution < -0.4 is 0 Å². The molecule has 0 saturated carbocycles. The van der Waals surface area contributed by atoms with E-state index in [0.29, 0.717) is 5.76 Å². The third-order valence-corrected chi connectivity index (χ3v) is 3.29. The van der Waals surface area contributed by atoms with Gasteiger partial charge in [-0.05, 0) is 24.3 Å². The van der Waals surface area contributed by atoms with Crippen molar-refractivity contribution in [2.24, 2.45) is 0 Å². The van der Waals surface area contributed by atoms with Gasteiger partial charge in [0.2, 0.25) is 0 Å². The Morgan fingerprint density at radius 3 is 2.87 bits per heavy atom. The number of rotatable bonds is 5. The smallest absolute Gasteiger partial charge is 0.310 e. The fourth-order valence-electron chi connectivity index (χ4n) is 1.85. The molecule has 0 atom stereocenters. The van der Waals surface area contributed by atoms with Gasteiger partial charge >= 0.3 is 5.97 Å². The average molecular weight is 337 g/mol. The lowest BCUT2D eigenvalue weighted by molar-refractivity contribution is -0.144. The van der Waals surface area contributed by atoms with E-state index in [0.717, 1.165) is 0 Å². The minimum Gasteiger partial charge on any atom is -0.459 e. The lowest BCUT2D eigenvalue weighted by atomic mass is 10.1. The second-order valence-corrected chi connectivity index (χ2v) is 4.92. The maximum absolute atomic E-state index is 13.6. The molecule has 0 unspecified atom stereocenters. The van der Waals surface area contributed by atoms with Crippen molar-refractivity contribution in [3.05, 3.63) is 58.9 Å². The largest absolute Gasteiger partial charge is 0.459 e. The predicted octanol–water partition coefficient (Wildman–Crippen LogP) is 3.41. The number of nitrogens with zero attached hydrogens (tertiary/aromatic N) is 2. The van der Waals surface area contributed by atoms with Gasteiger partial charge in [-0.25, -0.2) is 4.39 Å². The number of carbonyl (C=O) groups is 1. The van der Waals surface area contributed by atoms with E-state index in [1.807, 2.05) is 0 Å². The molecule has 118 valence electrons. The Kier molecular flexibility index (Phi) is 4.38. The van der Waals surface area contributed by atoms with Crippen LogP contribution in [0.15, 0.2) is 45.4 Å². The van der Waals surface area contributed by atoms with Crippen LogP contribution >= 0.6 is 11.6 Å². The maximum Gasteiger partial charge on any atom is 0.310 e.